The summed E-state index contributed by atoms with van der Waals surface area (Å²) in [6.07, 6.45) is 1.94. The molecule has 0 radical (unpaired) electrons. The number of rotatable bonds is 5. The number of benzene rings is 1. The predicted octanol–water partition coefficient (Wildman–Crippen LogP) is 3.44. The fraction of sp³-hybridized carbons (Fsp3) is 0.476. The zero-order valence-corrected chi connectivity index (χ0v) is 15.9. The molecule has 1 aromatic carbocycles. The summed E-state index contributed by atoms with van der Waals surface area (Å²) in [6, 6.07) is 12.3. The molecule has 5 nitrogen and oxygen atoms in total. The third-order valence-corrected chi connectivity index (χ3v) is 4.80. The van der Waals surface area contributed by atoms with E-state index in [-0.39, 0.29) is 11.8 Å². The number of aryl methyl sites for hydroxylation is 1. The third-order valence-electron chi connectivity index (χ3n) is 4.80. The second-order valence-electron chi connectivity index (χ2n) is 7.57. The van der Waals surface area contributed by atoms with Gasteiger partial charge < -0.3 is 10.2 Å². The lowest BCUT2D eigenvalue weighted by molar-refractivity contribution is -0.125. The van der Waals surface area contributed by atoms with Crippen molar-refractivity contribution in [2.75, 3.05) is 24.5 Å². The first kappa shape index (κ1) is 18.4. The van der Waals surface area contributed by atoms with Crippen molar-refractivity contribution in [2.45, 2.75) is 33.6 Å². The van der Waals surface area contributed by atoms with E-state index in [1.54, 1.807) is 0 Å². The van der Waals surface area contributed by atoms with E-state index in [1.807, 2.05) is 12.1 Å². The van der Waals surface area contributed by atoms with Crippen LogP contribution in [0.5, 0.6) is 0 Å². The summed E-state index contributed by atoms with van der Waals surface area (Å²) in [5, 5.41) is 11.9. The second kappa shape index (κ2) is 8.30. The highest BCUT2D eigenvalue weighted by Crippen LogP contribution is 2.23. The van der Waals surface area contributed by atoms with Gasteiger partial charge in [0.05, 0.1) is 11.6 Å². The summed E-state index contributed by atoms with van der Waals surface area (Å²) in [6.45, 7) is 8.66. The lowest BCUT2D eigenvalue weighted by atomic mass is 9.97. The first-order valence-electron chi connectivity index (χ1n) is 9.46. The molecule has 1 amide bonds. The lowest BCUT2D eigenvalue weighted by Crippen LogP contribution is -2.44. The molecule has 1 unspecified atom stereocenters. The number of hydrogen-bond acceptors (Lipinski definition) is 4. The smallest absolute Gasteiger partial charge is 0.224 e. The Morgan fingerprint density at radius 1 is 1.19 bits per heavy atom. The van der Waals surface area contributed by atoms with E-state index in [9.17, 15) is 4.79 Å². The molecule has 1 aromatic heterocycles. The minimum Gasteiger partial charge on any atom is -0.356 e. The molecule has 2 aromatic rings. The zero-order chi connectivity index (χ0) is 18.5. The van der Waals surface area contributed by atoms with Gasteiger partial charge >= 0.3 is 0 Å². The quantitative estimate of drug-likeness (QED) is 0.895. The number of nitrogens with one attached hydrogen (secondary N) is 1. The average Bonchev–Trinajstić information content (AvgIpc) is 2.67. The average molecular weight is 352 g/mol. The summed E-state index contributed by atoms with van der Waals surface area (Å²) < 4.78 is 0. The Balaban J connectivity index is 1.65. The third kappa shape index (κ3) is 4.59. The molecule has 3 rings (SSSR count). The fourth-order valence-electron chi connectivity index (χ4n) is 3.22. The minimum atomic E-state index is 0.0288. The van der Waals surface area contributed by atoms with Gasteiger partial charge in [-0.15, -0.1) is 10.2 Å². The molecule has 0 aliphatic carbocycles. The van der Waals surface area contributed by atoms with Crippen molar-refractivity contribution in [1.29, 1.82) is 0 Å². The van der Waals surface area contributed by atoms with Crippen LogP contribution >= 0.6 is 0 Å². The van der Waals surface area contributed by atoms with E-state index in [2.05, 4.69) is 65.5 Å². The lowest BCUT2D eigenvalue weighted by Gasteiger charge is -2.32. The molecular formula is C21H28N4O. The summed E-state index contributed by atoms with van der Waals surface area (Å²) in [5.74, 6) is 1.51. The molecule has 0 bridgehead atoms. The summed E-state index contributed by atoms with van der Waals surface area (Å²) in [5.41, 5.74) is 3.17. The maximum atomic E-state index is 12.4. The van der Waals surface area contributed by atoms with Crippen LogP contribution in [0.25, 0.3) is 11.3 Å². The molecule has 0 saturated carbocycles. The molecule has 138 valence electrons. The normalized spacial score (nSPS) is 17.4. The molecule has 1 atom stereocenters. The number of nitrogens with zero attached hydrogens (tertiary/aromatic N) is 3. The van der Waals surface area contributed by atoms with Crippen LogP contribution in [0.15, 0.2) is 36.4 Å². The Kier molecular flexibility index (Phi) is 5.86. The highest BCUT2D eigenvalue weighted by atomic mass is 16.1. The first-order valence-corrected chi connectivity index (χ1v) is 9.46. The van der Waals surface area contributed by atoms with Crippen LogP contribution in [0.2, 0.25) is 0 Å². The number of piperidine rings is 1. The van der Waals surface area contributed by atoms with Gasteiger partial charge in [0.25, 0.3) is 0 Å². The van der Waals surface area contributed by atoms with Gasteiger partial charge in [0.15, 0.2) is 5.82 Å². The van der Waals surface area contributed by atoms with E-state index >= 15 is 0 Å². The van der Waals surface area contributed by atoms with Crippen molar-refractivity contribution in [3.63, 3.8) is 0 Å². The molecule has 1 aliphatic rings. The highest BCUT2D eigenvalue weighted by molar-refractivity contribution is 5.79. The standard InChI is InChI=1S/C21H28N4O/c1-15(2)13-22-21(26)18-5-4-12-25(14-18)20-11-10-19(23-24-20)17-8-6-16(3)7-9-17/h6-11,15,18H,4-5,12-14H2,1-3H3,(H,22,26). The molecule has 1 N–H and O–H groups in total. The Morgan fingerprint density at radius 3 is 2.62 bits per heavy atom. The molecule has 1 fully saturated rings. The Labute approximate surface area is 155 Å². The molecular weight excluding hydrogens is 324 g/mol. The van der Waals surface area contributed by atoms with Gasteiger partial charge in [0, 0.05) is 25.2 Å². The maximum absolute atomic E-state index is 12.4. The van der Waals surface area contributed by atoms with Crippen LogP contribution < -0.4 is 10.2 Å². The predicted molar refractivity (Wildman–Crippen MR) is 105 cm³/mol. The second-order valence-corrected chi connectivity index (χ2v) is 7.57. The van der Waals surface area contributed by atoms with Crippen LogP contribution in [-0.4, -0.2) is 35.7 Å². The van der Waals surface area contributed by atoms with Crippen molar-refractivity contribution in [3.05, 3.63) is 42.0 Å². The molecule has 26 heavy (non-hydrogen) atoms. The van der Waals surface area contributed by atoms with Crippen molar-refractivity contribution < 1.29 is 4.79 Å². The first-order chi connectivity index (χ1) is 12.5. The van der Waals surface area contributed by atoms with Crippen LogP contribution in [0.4, 0.5) is 5.82 Å². The van der Waals surface area contributed by atoms with E-state index in [0.717, 1.165) is 43.0 Å². The van der Waals surface area contributed by atoms with Crippen LogP contribution in [0, 0.1) is 18.8 Å². The molecule has 1 saturated heterocycles. The molecule has 2 heterocycles. The van der Waals surface area contributed by atoms with E-state index < -0.39 is 0 Å². The van der Waals surface area contributed by atoms with Crippen molar-refractivity contribution in [1.82, 2.24) is 15.5 Å². The zero-order valence-electron chi connectivity index (χ0n) is 15.9. The number of aromatic nitrogens is 2. The number of anilines is 1. The van der Waals surface area contributed by atoms with Gasteiger partial charge in [-0.3, -0.25) is 4.79 Å². The van der Waals surface area contributed by atoms with E-state index in [1.165, 1.54) is 5.56 Å². The molecule has 0 spiro atoms. The van der Waals surface area contributed by atoms with Gasteiger partial charge in [-0.05, 0) is 37.8 Å². The van der Waals surface area contributed by atoms with Crippen molar-refractivity contribution in [3.8, 4) is 11.3 Å². The minimum absolute atomic E-state index is 0.0288. The summed E-state index contributed by atoms with van der Waals surface area (Å²) in [4.78, 5) is 14.5. The Bertz CT molecular complexity index is 725. The number of carbonyl (C=O) groups excluding carboxylic acids is 1. The van der Waals surface area contributed by atoms with Gasteiger partial charge in [-0.1, -0.05) is 43.7 Å². The molecule has 5 heteroatoms. The van der Waals surface area contributed by atoms with E-state index in [4.69, 9.17) is 0 Å². The van der Waals surface area contributed by atoms with Gasteiger partial charge in [-0.2, -0.15) is 0 Å². The summed E-state index contributed by atoms with van der Waals surface area (Å²) >= 11 is 0. The SMILES string of the molecule is Cc1ccc(-c2ccc(N3CCCC(C(=O)NCC(C)C)C3)nn2)cc1. The Hall–Kier alpha value is -2.43. The van der Waals surface area contributed by atoms with Gasteiger partial charge in [-0.25, -0.2) is 0 Å². The number of carbonyl (C=O) groups is 1. The van der Waals surface area contributed by atoms with E-state index in [0.29, 0.717) is 12.5 Å². The maximum Gasteiger partial charge on any atom is 0.224 e. The van der Waals surface area contributed by atoms with Crippen molar-refractivity contribution in [2.24, 2.45) is 11.8 Å². The Morgan fingerprint density at radius 2 is 1.96 bits per heavy atom. The summed E-state index contributed by atoms with van der Waals surface area (Å²) in [7, 11) is 0. The molecule has 1 aliphatic heterocycles. The monoisotopic (exact) mass is 352 g/mol. The van der Waals surface area contributed by atoms with Gasteiger partial charge in [0.2, 0.25) is 5.91 Å². The van der Waals surface area contributed by atoms with Crippen LogP contribution in [0.1, 0.15) is 32.3 Å². The van der Waals surface area contributed by atoms with Gasteiger partial charge in [0.1, 0.15) is 0 Å². The van der Waals surface area contributed by atoms with Crippen molar-refractivity contribution >= 4 is 11.7 Å². The highest BCUT2D eigenvalue weighted by Gasteiger charge is 2.26. The number of amides is 1. The topological polar surface area (TPSA) is 58.1 Å². The van der Waals surface area contributed by atoms with Crippen LogP contribution in [0.3, 0.4) is 0 Å². The fourth-order valence-corrected chi connectivity index (χ4v) is 3.22. The van der Waals surface area contributed by atoms with Crippen LogP contribution in [-0.2, 0) is 4.79 Å². The number of hydrogen-bond donors (Lipinski definition) is 1. The largest absolute Gasteiger partial charge is 0.356 e.